The second-order valence-electron chi connectivity index (χ2n) is 6.53. The number of aryl methyl sites for hydroxylation is 1. The van der Waals surface area contributed by atoms with E-state index in [4.69, 9.17) is 9.47 Å². The summed E-state index contributed by atoms with van der Waals surface area (Å²) < 4.78 is 10.7. The maximum Gasteiger partial charge on any atom is 0.246 e. The Morgan fingerprint density at radius 1 is 1.04 bits per heavy atom. The quantitative estimate of drug-likeness (QED) is 0.813. The van der Waals surface area contributed by atoms with Gasteiger partial charge in [0.1, 0.15) is 6.54 Å². The van der Waals surface area contributed by atoms with Crippen molar-refractivity contribution >= 4 is 17.5 Å². The maximum atomic E-state index is 12.7. The van der Waals surface area contributed by atoms with Gasteiger partial charge in [0.05, 0.1) is 20.6 Å². The topological polar surface area (TPSA) is 59.1 Å². The molecule has 1 saturated heterocycles. The Kier molecular flexibility index (Phi) is 5.64. The highest BCUT2D eigenvalue weighted by Gasteiger charge is 2.28. The smallest absolute Gasteiger partial charge is 0.246 e. The number of carbonyl (C=O) groups excluding carboxylic acids is 2. The van der Waals surface area contributed by atoms with E-state index in [1.54, 1.807) is 30.1 Å². The summed E-state index contributed by atoms with van der Waals surface area (Å²) in [5.41, 5.74) is 2.76. The van der Waals surface area contributed by atoms with E-state index in [9.17, 15) is 9.59 Å². The number of benzene rings is 2. The number of piperazine rings is 1. The van der Waals surface area contributed by atoms with Gasteiger partial charge in [-0.05, 0) is 25.1 Å². The first-order valence-electron chi connectivity index (χ1n) is 8.88. The molecular formula is C21H24N2O4. The van der Waals surface area contributed by atoms with Gasteiger partial charge in [-0.3, -0.25) is 9.59 Å². The molecule has 2 amide bonds. The van der Waals surface area contributed by atoms with Crippen LogP contribution in [0.2, 0.25) is 0 Å². The molecule has 0 radical (unpaired) electrons. The zero-order valence-corrected chi connectivity index (χ0v) is 15.9. The number of nitrogens with zero attached hydrogens (tertiary/aromatic N) is 2. The van der Waals surface area contributed by atoms with Gasteiger partial charge in [0.15, 0.2) is 11.5 Å². The van der Waals surface area contributed by atoms with Crippen LogP contribution in [0.15, 0.2) is 42.5 Å². The molecule has 2 aromatic carbocycles. The third kappa shape index (κ3) is 4.05. The molecule has 2 aromatic rings. The Bertz CT molecular complexity index is 833. The van der Waals surface area contributed by atoms with Crippen LogP contribution in [0.5, 0.6) is 11.5 Å². The van der Waals surface area contributed by atoms with Crippen LogP contribution in [0, 0.1) is 6.92 Å². The molecule has 27 heavy (non-hydrogen) atoms. The molecule has 1 heterocycles. The molecule has 6 heteroatoms. The second-order valence-corrected chi connectivity index (χ2v) is 6.53. The van der Waals surface area contributed by atoms with Crippen molar-refractivity contribution in [1.29, 1.82) is 0 Å². The molecule has 3 rings (SSSR count). The molecule has 0 saturated carbocycles. The number of rotatable bonds is 5. The number of amides is 2. The molecule has 0 spiro atoms. The number of hydrogen-bond acceptors (Lipinski definition) is 4. The lowest BCUT2D eigenvalue weighted by molar-refractivity contribution is -0.136. The van der Waals surface area contributed by atoms with E-state index in [0.717, 1.165) is 16.8 Å². The highest BCUT2D eigenvalue weighted by atomic mass is 16.5. The van der Waals surface area contributed by atoms with Crippen LogP contribution < -0.4 is 14.4 Å². The first-order valence-corrected chi connectivity index (χ1v) is 8.88. The minimum absolute atomic E-state index is 0.0731. The maximum absolute atomic E-state index is 12.7. The van der Waals surface area contributed by atoms with E-state index in [2.05, 4.69) is 0 Å². The van der Waals surface area contributed by atoms with Gasteiger partial charge in [0.25, 0.3) is 0 Å². The van der Waals surface area contributed by atoms with Crippen molar-refractivity contribution in [3.8, 4) is 11.5 Å². The number of anilines is 1. The highest BCUT2D eigenvalue weighted by Crippen LogP contribution is 2.31. The molecule has 0 aliphatic carbocycles. The lowest BCUT2D eigenvalue weighted by Gasteiger charge is -2.34. The first kappa shape index (κ1) is 18.8. The molecular weight excluding hydrogens is 344 g/mol. The standard InChI is InChI=1S/C21H24N2O4/c1-15-7-9-17(10-8-15)23-12-11-22(14-20(23)25)19(24)13-16-5-4-6-18(26-2)21(16)27-3/h4-10H,11-14H2,1-3H3. The van der Waals surface area contributed by atoms with Crippen molar-refractivity contribution in [1.82, 2.24) is 4.90 Å². The minimum atomic E-state index is -0.0986. The fourth-order valence-corrected chi connectivity index (χ4v) is 3.25. The van der Waals surface area contributed by atoms with Gasteiger partial charge in [0, 0.05) is 24.3 Å². The zero-order chi connectivity index (χ0) is 19.4. The molecule has 1 fully saturated rings. The van der Waals surface area contributed by atoms with Crippen molar-refractivity contribution in [2.45, 2.75) is 13.3 Å². The van der Waals surface area contributed by atoms with E-state index >= 15 is 0 Å². The lowest BCUT2D eigenvalue weighted by Crippen LogP contribution is -2.52. The van der Waals surface area contributed by atoms with Crippen LogP contribution >= 0.6 is 0 Å². The molecule has 1 aliphatic rings. The monoisotopic (exact) mass is 368 g/mol. The van der Waals surface area contributed by atoms with Gasteiger partial charge < -0.3 is 19.3 Å². The van der Waals surface area contributed by atoms with E-state index in [1.165, 1.54) is 0 Å². The van der Waals surface area contributed by atoms with Crippen molar-refractivity contribution in [3.63, 3.8) is 0 Å². The van der Waals surface area contributed by atoms with Gasteiger partial charge in [0.2, 0.25) is 11.8 Å². The van der Waals surface area contributed by atoms with E-state index in [0.29, 0.717) is 24.6 Å². The van der Waals surface area contributed by atoms with Crippen molar-refractivity contribution in [3.05, 3.63) is 53.6 Å². The molecule has 0 N–H and O–H groups in total. The summed E-state index contributed by atoms with van der Waals surface area (Å²) in [7, 11) is 3.11. The van der Waals surface area contributed by atoms with Gasteiger partial charge in [-0.1, -0.05) is 29.8 Å². The van der Waals surface area contributed by atoms with Crippen LogP contribution in [-0.4, -0.2) is 50.6 Å². The Morgan fingerprint density at radius 2 is 1.78 bits per heavy atom. The van der Waals surface area contributed by atoms with Crippen molar-refractivity contribution in [2.75, 3.05) is 38.8 Å². The Balaban J connectivity index is 1.68. The molecule has 0 unspecified atom stereocenters. The number of para-hydroxylation sites is 1. The normalized spacial score (nSPS) is 14.3. The average Bonchev–Trinajstić information content (AvgIpc) is 2.68. The van der Waals surface area contributed by atoms with E-state index in [1.807, 2.05) is 43.3 Å². The number of ether oxygens (including phenoxy) is 2. The predicted molar refractivity (Wildman–Crippen MR) is 103 cm³/mol. The van der Waals surface area contributed by atoms with Crippen LogP contribution in [0.1, 0.15) is 11.1 Å². The van der Waals surface area contributed by atoms with Gasteiger partial charge in [-0.2, -0.15) is 0 Å². The third-order valence-electron chi connectivity index (χ3n) is 4.75. The van der Waals surface area contributed by atoms with Gasteiger partial charge in [-0.15, -0.1) is 0 Å². The van der Waals surface area contributed by atoms with Crippen LogP contribution in [0.25, 0.3) is 0 Å². The fourth-order valence-electron chi connectivity index (χ4n) is 3.25. The molecule has 142 valence electrons. The summed E-state index contributed by atoms with van der Waals surface area (Å²) in [6.45, 7) is 3.08. The number of carbonyl (C=O) groups is 2. The average molecular weight is 368 g/mol. The molecule has 0 aromatic heterocycles. The number of methoxy groups -OCH3 is 2. The van der Waals surface area contributed by atoms with Gasteiger partial charge in [-0.25, -0.2) is 0 Å². The zero-order valence-electron chi connectivity index (χ0n) is 15.9. The van der Waals surface area contributed by atoms with Crippen molar-refractivity contribution in [2.24, 2.45) is 0 Å². The third-order valence-corrected chi connectivity index (χ3v) is 4.75. The lowest BCUT2D eigenvalue weighted by atomic mass is 10.1. The molecule has 6 nitrogen and oxygen atoms in total. The van der Waals surface area contributed by atoms with Crippen LogP contribution in [-0.2, 0) is 16.0 Å². The highest BCUT2D eigenvalue weighted by molar-refractivity contribution is 5.98. The summed E-state index contributed by atoms with van der Waals surface area (Å²) in [5.74, 6) is 0.968. The van der Waals surface area contributed by atoms with Crippen LogP contribution in [0.3, 0.4) is 0 Å². The summed E-state index contributed by atoms with van der Waals surface area (Å²) in [6, 6.07) is 13.3. The van der Waals surface area contributed by atoms with Crippen LogP contribution in [0.4, 0.5) is 5.69 Å². The Labute approximate surface area is 159 Å². The van der Waals surface area contributed by atoms with Crippen molar-refractivity contribution < 1.29 is 19.1 Å². The molecule has 1 aliphatic heterocycles. The summed E-state index contributed by atoms with van der Waals surface area (Å²) >= 11 is 0. The molecule has 0 atom stereocenters. The predicted octanol–water partition coefficient (Wildman–Crippen LogP) is 2.43. The summed E-state index contributed by atoms with van der Waals surface area (Å²) in [4.78, 5) is 28.6. The largest absolute Gasteiger partial charge is 0.493 e. The second kappa shape index (κ2) is 8.12. The Morgan fingerprint density at radius 3 is 2.41 bits per heavy atom. The summed E-state index contributed by atoms with van der Waals surface area (Å²) in [6.07, 6.45) is 0.165. The Hall–Kier alpha value is -3.02. The first-order chi connectivity index (χ1) is 13.0. The number of hydrogen-bond donors (Lipinski definition) is 0. The SMILES string of the molecule is COc1cccc(CC(=O)N2CCN(c3ccc(C)cc3)C(=O)C2)c1OC. The minimum Gasteiger partial charge on any atom is -0.493 e. The summed E-state index contributed by atoms with van der Waals surface area (Å²) in [5, 5.41) is 0. The van der Waals surface area contributed by atoms with E-state index in [-0.39, 0.29) is 24.8 Å². The fraction of sp³-hybridized carbons (Fsp3) is 0.333. The van der Waals surface area contributed by atoms with Gasteiger partial charge >= 0.3 is 0 Å². The van der Waals surface area contributed by atoms with E-state index < -0.39 is 0 Å². The molecule has 0 bridgehead atoms.